The van der Waals surface area contributed by atoms with Gasteiger partial charge in [-0.05, 0) is 65.1 Å². The lowest BCUT2D eigenvalue weighted by Crippen LogP contribution is -2.47. The van der Waals surface area contributed by atoms with Gasteiger partial charge in [0.25, 0.3) is 0 Å². The number of aliphatic hydroxyl groups is 1. The van der Waals surface area contributed by atoms with Gasteiger partial charge in [0.05, 0.1) is 6.61 Å². The summed E-state index contributed by atoms with van der Waals surface area (Å²) in [5.74, 6) is 0. The molecule has 1 atom stereocenters. The van der Waals surface area contributed by atoms with E-state index in [1.54, 1.807) is 0 Å². The Morgan fingerprint density at radius 2 is 1.60 bits per heavy atom. The highest BCUT2D eigenvalue weighted by atomic mass is 16.3. The lowest BCUT2D eigenvalue weighted by molar-refractivity contribution is 0.154. The van der Waals surface area contributed by atoms with Crippen molar-refractivity contribution in [3.63, 3.8) is 0 Å². The quantitative estimate of drug-likeness (QED) is 0.545. The molecule has 2 N–H and O–H groups in total. The minimum Gasteiger partial charge on any atom is -0.394 e. The Bertz CT molecular complexity index is 235. The molecular formula is C17H36N2O. The Kier molecular flexibility index (Phi) is 8.74. The first-order valence-electron chi connectivity index (χ1n) is 8.74. The van der Waals surface area contributed by atoms with E-state index in [9.17, 15) is 5.11 Å². The first kappa shape index (κ1) is 17.9. The second-order valence-corrected chi connectivity index (χ2v) is 6.79. The average Bonchev–Trinajstić information content (AvgIpc) is 3.25. The van der Waals surface area contributed by atoms with E-state index in [4.69, 9.17) is 0 Å². The van der Waals surface area contributed by atoms with Crippen molar-refractivity contribution in [3.8, 4) is 0 Å². The summed E-state index contributed by atoms with van der Waals surface area (Å²) in [4.78, 5) is 2.61. The summed E-state index contributed by atoms with van der Waals surface area (Å²) in [6, 6.07) is 0.670. The number of unbranched alkanes of at least 4 members (excludes halogenated alkanes) is 2. The number of hydrogen-bond donors (Lipinski definition) is 2. The molecule has 0 radical (unpaired) electrons. The van der Waals surface area contributed by atoms with Crippen molar-refractivity contribution in [2.45, 2.75) is 83.7 Å². The van der Waals surface area contributed by atoms with Gasteiger partial charge < -0.3 is 15.3 Å². The predicted octanol–water partition coefficient (Wildman–Crippen LogP) is 3.17. The summed E-state index contributed by atoms with van der Waals surface area (Å²) in [6.07, 6.45) is 10.0. The van der Waals surface area contributed by atoms with Crippen LogP contribution in [0.4, 0.5) is 0 Å². The molecule has 0 aliphatic heterocycles. The van der Waals surface area contributed by atoms with Gasteiger partial charge in [0.1, 0.15) is 0 Å². The molecule has 0 saturated heterocycles. The fourth-order valence-corrected chi connectivity index (χ4v) is 2.71. The lowest BCUT2D eigenvalue weighted by atomic mass is 9.96. The van der Waals surface area contributed by atoms with Crippen LogP contribution in [0.15, 0.2) is 0 Å². The smallest absolute Gasteiger partial charge is 0.0610 e. The third-order valence-corrected chi connectivity index (χ3v) is 4.34. The van der Waals surface area contributed by atoms with Crippen LogP contribution in [0.2, 0.25) is 0 Å². The van der Waals surface area contributed by atoms with Crippen LogP contribution in [0.25, 0.3) is 0 Å². The Labute approximate surface area is 126 Å². The van der Waals surface area contributed by atoms with Gasteiger partial charge >= 0.3 is 0 Å². The van der Waals surface area contributed by atoms with Gasteiger partial charge in [-0.25, -0.2) is 0 Å². The molecular weight excluding hydrogens is 248 g/mol. The van der Waals surface area contributed by atoms with Crippen molar-refractivity contribution in [2.24, 2.45) is 0 Å². The van der Waals surface area contributed by atoms with E-state index in [1.165, 1.54) is 64.6 Å². The first-order valence-corrected chi connectivity index (χ1v) is 8.74. The second kappa shape index (κ2) is 9.75. The van der Waals surface area contributed by atoms with Gasteiger partial charge in [-0.3, -0.25) is 0 Å². The summed E-state index contributed by atoms with van der Waals surface area (Å²) < 4.78 is 0. The van der Waals surface area contributed by atoms with Gasteiger partial charge in [-0.1, -0.05) is 26.7 Å². The van der Waals surface area contributed by atoms with E-state index < -0.39 is 0 Å². The maximum atomic E-state index is 9.63. The van der Waals surface area contributed by atoms with Crippen LogP contribution < -0.4 is 5.32 Å². The van der Waals surface area contributed by atoms with Crippen molar-refractivity contribution in [2.75, 3.05) is 26.2 Å². The Morgan fingerprint density at radius 3 is 2.05 bits per heavy atom. The summed E-state index contributed by atoms with van der Waals surface area (Å²) in [5, 5.41) is 13.2. The minimum atomic E-state index is -0.0671. The average molecular weight is 284 g/mol. The van der Waals surface area contributed by atoms with E-state index in [2.05, 4.69) is 31.0 Å². The number of hydrogen-bond acceptors (Lipinski definition) is 3. The predicted molar refractivity (Wildman–Crippen MR) is 87.1 cm³/mol. The molecule has 0 aromatic rings. The zero-order chi connectivity index (χ0) is 14.8. The van der Waals surface area contributed by atoms with E-state index in [0.29, 0.717) is 6.04 Å². The van der Waals surface area contributed by atoms with Crippen LogP contribution in [0.3, 0.4) is 0 Å². The van der Waals surface area contributed by atoms with Crippen molar-refractivity contribution in [3.05, 3.63) is 0 Å². The van der Waals surface area contributed by atoms with Crippen LogP contribution in [0.1, 0.15) is 72.1 Å². The summed E-state index contributed by atoms with van der Waals surface area (Å²) >= 11 is 0. The lowest BCUT2D eigenvalue weighted by Gasteiger charge is -2.30. The Morgan fingerprint density at radius 1 is 1.05 bits per heavy atom. The molecule has 0 bridgehead atoms. The van der Waals surface area contributed by atoms with Gasteiger partial charge in [-0.2, -0.15) is 0 Å². The molecule has 1 aliphatic rings. The Balaban J connectivity index is 2.25. The molecule has 3 heteroatoms. The van der Waals surface area contributed by atoms with Gasteiger partial charge in [0.2, 0.25) is 0 Å². The molecule has 0 spiro atoms. The molecule has 1 unspecified atom stereocenters. The topological polar surface area (TPSA) is 35.5 Å². The zero-order valence-corrected chi connectivity index (χ0v) is 14.0. The van der Waals surface area contributed by atoms with Crippen LogP contribution in [0, 0.1) is 0 Å². The normalized spacial score (nSPS) is 18.4. The number of nitrogens with zero attached hydrogens (tertiary/aromatic N) is 1. The molecule has 1 fully saturated rings. The Hall–Kier alpha value is -0.120. The van der Waals surface area contributed by atoms with E-state index in [0.717, 1.165) is 6.42 Å². The monoisotopic (exact) mass is 284 g/mol. The fraction of sp³-hybridized carbons (Fsp3) is 1.00. The van der Waals surface area contributed by atoms with E-state index in [-0.39, 0.29) is 12.1 Å². The third kappa shape index (κ3) is 7.61. The minimum absolute atomic E-state index is 0.0671. The summed E-state index contributed by atoms with van der Waals surface area (Å²) in [6.45, 7) is 10.6. The molecule has 20 heavy (non-hydrogen) atoms. The number of nitrogens with one attached hydrogen (secondary N) is 1. The third-order valence-electron chi connectivity index (χ3n) is 4.34. The molecule has 0 heterocycles. The maximum Gasteiger partial charge on any atom is 0.0610 e. The molecule has 1 rings (SSSR count). The number of aliphatic hydroxyl groups excluding tert-OH is 1. The van der Waals surface area contributed by atoms with Crippen LogP contribution in [0.5, 0.6) is 0 Å². The standard InChI is InChI=1S/C17H36N2O/c1-4-6-12-19(13-7-5-2)14-8-11-17(3,15-20)18-16-9-10-16/h16,18,20H,4-15H2,1-3H3. The largest absolute Gasteiger partial charge is 0.394 e. The van der Waals surface area contributed by atoms with Crippen molar-refractivity contribution >= 4 is 0 Å². The van der Waals surface area contributed by atoms with Gasteiger partial charge in [0, 0.05) is 11.6 Å². The second-order valence-electron chi connectivity index (χ2n) is 6.79. The SMILES string of the molecule is CCCCN(CCCC)CCCC(C)(CO)NC1CC1. The van der Waals surface area contributed by atoms with Crippen molar-refractivity contribution < 1.29 is 5.11 Å². The van der Waals surface area contributed by atoms with Gasteiger partial charge in [-0.15, -0.1) is 0 Å². The fourth-order valence-electron chi connectivity index (χ4n) is 2.71. The first-order chi connectivity index (χ1) is 9.63. The van der Waals surface area contributed by atoms with E-state index >= 15 is 0 Å². The van der Waals surface area contributed by atoms with Crippen molar-refractivity contribution in [1.29, 1.82) is 0 Å². The molecule has 1 aliphatic carbocycles. The summed E-state index contributed by atoms with van der Waals surface area (Å²) in [7, 11) is 0. The number of rotatable bonds is 13. The van der Waals surface area contributed by atoms with Crippen LogP contribution in [-0.4, -0.2) is 47.8 Å². The van der Waals surface area contributed by atoms with Crippen LogP contribution in [-0.2, 0) is 0 Å². The summed E-state index contributed by atoms with van der Waals surface area (Å²) in [5.41, 5.74) is -0.0671. The van der Waals surface area contributed by atoms with Crippen LogP contribution >= 0.6 is 0 Å². The molecule has 0 aromatic carbocycles. The molecule has 0 aromatic heterocycles. The molecule has 3 nitrogen and oxygen atoms in total. The maximum absolute atomic E-state index is 9.63. The molecule has 1 saturated carbocycles. The van der Waals surface area contributed by atoms with Crippen molar-refractivity contribution in [1.82, 2.24) is 10.2 Å². The zero-order valence-electron chi connectivity index (χ0n) is 14.0. The highest BCUT2D eigenvalue weighted by Crippen LogP contribution is 2.24. The van der Waals surface area contributed by atoms with Gasteiger partial charge in [0.15, 0.2) is 0 Å². The molecule has 0 amide bonds. The molecule has 120 valence electrons. The highest BCUT2D eigenvalue weighted by Gasteiger charge is 2.31. The highest BCUT2D eigenvalue weighted by molar-refractivity contribution is 4.92. The van der Waals surface area contributed by atoms with E-state index in [1.807, 2.05) is 0 Å².